The molecular weight excluding hydrogens is 270 g/mol. The highest BCUT2D eigenvalue weighted by atomic mass is 16.6. The summed E-state index contributed by atoms with van der Waals surface area (Å²) in [6.45, 7) is 1.91. The first-order valence-electron chi connectivity index (χ1n) is 7.12. The Bertz CT molecular complexity index is 537. The van der Waals surface area contributed by atoms with E-state index in [1.54, 1.807) is 12.1 Å². The molecule has 1 aromatic rings. The van der Waals surface area contributed by atoms with Gasteiger partial charge in [-0.15, -0.1) is 0 Å². The number of nitro benzene ring substituents is 1. The van der Waals surface area contributed by atoms with Crippen LogP contribution in [0, 0.1) is 27.4 Å². The zero-order valence-corrected chi connectivity index (χ0v) is 11.8. The largest absolute Gasteiger partial charge is 0.387 e. The van der Waals surface area contributed by atoms with Crippen LogP contribution in [0.5, 0.6) is 0 Å². The van der Waals surface area contributed by atoms with Gasteiger partial charge in [-0.25, -0.2) is 0 Å². The average molecular weight is 289 g/mol. The number of aliphatic hydroxyl groups excluding tert-OH is 1. The molecule has 0 spiro atoms. The van der Waals surface area contributed by atoms with Gasteiger partial charge in [-0.1, -0.05) is 12.1 Å². The van der Waals surface area contributed by atoms with E-state index in [0.717, 1.165) is 6.54 Å². The molecule has 1 fully saturated rings. The molecule has 0 bridgehead atoms. The second-order valence-electron chi connectivity index (χ2n) is 5.48. The van der Waals surface area contributed by atoms with E-state index in [1.165, 1.54) is 25.0 Å². The molecule has 21 heavy (non-hydrogen) atoms. The first kappa shape index (κ1) is 15.4. The molecule has 1 aliphatic rings. The van der Waals surface area contributed by atoms with Crippen LogP contribution in [0.25, 0.3) is 0 Å². The topological polar surface area (TPSA) is 90.4 Å². The maximum atomic E-state index is 10.8. The fraction of sp³-hybridized carbons (Fsp3) is 0.533. The van der Waals surface area contributed by atoms with Crippen LogP contribution in [-0.4, -0.2) is 34.6 Å². The van der Waals surface area contributed by atoms with E-state index in [4.69, 9.17) is 5.26 Å². The number of hydrogen-bond donors (Lipinski definition) is 1. The zero-order chi connectivity index (χ0) is 15.2. The van der Waals surface area contributed by atoms with Gasteiger partial charge in [-0.3, -0.25) is 15.0 Å². The molecule has 0 radical (unpaired) electrons. The lowest BCUT2D eigenvalue weighted by molar-refractivity contribution is -0.385. The number of nitrogens with zero attached hydrogens (tertiary/aromatic N) is 3. The minimum Gasteiger partial charge on any atom is -0.387 e. The molecule has 0 heterocycles. The van der Waals surface area contributed by atoms with Crippen LogP contribution in [0.2, 0.25) is 0 Å². The van der Waals surface area contributed by atoms with Crippen LogP contribution < -0.4 is 0 Å². The van der Waals surface area contributed by atoms with E-state index >= 15 is 0 Å². The van der Waals surface area contributed by atoms with Gasteiger partial charge in [-0.05, 0) is 24.3 Å². The van der Waals surface area contributed by atoms with Crippen molar-refractivity contribution < 1.29 is 10.0 Å². The zero-order valence-electron chi connectivity index (χ0n) is 11.8. The molecule has 112 valence electrons. The molecule has 0 aliphatic heterocycles. The van der Waals surface area contributed by atoms with Crippen LogP contribution >= 0.6 is 0 Å². The van der Waals surface area contributed by atoms with Gasteiger partial charge in [0.15, 0.2) is 0 Å². The van der Waals surface area contributed by atoms with Gasteiger partial charge in [0.2, 0.25) is 0 Å². The van der Waals surface area contributed by atoms with Crippen LogP contribution in [0.15, 0.2) is 24.3 Å². The third kappa shape index (κ3) is 4.81. The molecule has 1 saturated carbocycles. The number of nitriles is 1. The smallest absolute Gasteiger partial charge is 0.269 e. The van der Waals surface area contributed by atoms with E-state index in [1.807, 2.05) is 0 Å². The molecule has 1 N–H and O–H groups in total. The molecule has 6 heteroatoms. The summed E-state index contributed by atoms with van der Waals surface area (Å²) < 4.78 is 0. The standard InChI is InChI=1S/C15H19N3O3/c16-7-2-8-17(10-12-5-6-12)11-15(19)13-3-1-4-14(9-13)18(20)21/h1,3-4,9,12,15,19H,2,5-6,8,10-11H2. The average Bonchev–Trinajstić information content (AvgIpc) is 3.28. The van der Waals surface area contributed by atoms with Crippen molar-refractivity contribution in [2.45, 2.75) is 25.4 Å². The molecule has 0 saturated heterocycles. The summed E-state index contributed by atoms with van der Waals surface area (Å²) >= 11 is 0. The summed E-state index contributed by atoms with van der Waals surface area (Å²) in [5.41, 5.74) is 0.527. The van der Waals surface area contributed by atoms with Crippen molar-refractivity contribution in [3.05, 3.63) is 39.9 Å². The minimum atomic E-state index is -0.776. The van der Waals surface area contributed by atoms with Gasteiger partial charge < -0.3 is 5.11 Å². The summed E-state index contributed by atoms with van der Waals surface area (Å²) in [4.78, 5) is 12.4. The molecule has 1 aromatic carbocycles. The molecule has 1 atom stereocenters. The number of rotatable bonds is 8. The highest BCUT2D eigenvalue weighted by Crippen LogP contribution is 2.30. The summed E-state index contributed by atoms with van der Waals surface area (Å²) in [6, 6.07) is 8.21. The van der Waals surface area contributed by atoms with E-state index in [-0.39, 0.29) is 5.69 Å². The highest BCUT2D eigenvalue weighted by Gasteiger charge is 2.25. The van der Waals surface area contributed by atoms with Crippen LogP contribution in [0.1, 0.15) is 30.9 Å². The molecule has 0 aromatic heterocycles. The Kier molecular flexibility index (Phi) is 5.26. The maximum absolute atomic E-state index is 10.8. The summed E-state index contributed by atoms with van der Waals surface area (Å²) in [6.07, 6.45) is 2.06. The van der Waals surface area contributed by atoms with Crippen molar-refractivity contribution in [1.82, 2.24) is 4.90 Å². The molecule has 0 amide bonds. The minimum absolute atomic E-state index is 0.0164. The van der Waals surface area contributed by atoms with E-state index in [2.05, 4.69) is 11.0 Å². The Balaban J connectivity index is 1.99. The van der Waals surface area contributed by atoms with Crippen molar-refractivity contribution in [1.29, 1.82) is 5.26 Å². The molecule has 1 aliphatic carbocycles. The van der Waals surface area contributed by atoms with Crippen LogP contribution in [-0.2, 0) is 0 Å². The summed E-state index contributed by atoms with van der Waals surface area (Å²) in [5.74, 6) is 0.668. The van der Waals surface area contributed by atoms with Crippen molar-refractivity contribution in [2.75, 3.05) is 19.6 Å². The quantitative estimate of drug-likeness (QED) is 0.585. The maximum Gasteiger partial charge on any atom is 0.269 e. The van der Waals surface area contributed by atoms with Gasteiger partial charge in [-0.2, -0.15) is 5.26 Å². The third-order valence-electron chi connectivity index (χ3n) is 3.65. The summed E-state index contributed by atoms with van der Waals surface area (Å²) in [7, 11) is 0. The first-order valence-corrected chi connectivity index (χ1v) is 7.12. The first-order chi connectivity index (χ1) is 10.1. The van der Waals surface area contributed by atoms with Crippen molar-refractivity contribution >= 4 is 5.69 Å². The van der Waals surface area contributed by atoms with Crippen LogP contribution in [0.4, 0.5) is 5.69 Å². The van der Waals surface area contributed by atoms with E-state index in [9.17, 15) is 15.2 Å². The van der Waals surface area contributed by atoms with E-state index in [0.29, 0.717) is 31.0 Å². The van der Waals surface area contributed by atoms with Crippen molar-refractivity contribution in [3.63, 3.8) is 0 Å². The number of benzene rings is 1. The molecular formula is C15H19N3O3. The monoisotopic (exact) mass is 289 g/mol. The predicted octanol–water partition coefficient (Wildman–Crippen LogP) is 2.25. The third-order valence-corrected chi connectivity index (χ3v) is 3.65. The second kappa shape index (κ2) is 7.16. The Morgan fingerprint density at radius 2 is 2.29 bits per heavy atom. The fourth-order valence-electron chi connectivity index (χ4n) is 2.33. The van der Waals surface area contributed by atoms with Gasteiger partial charge >= 0.3 is 0 Å². The SMILES string of the molecule is N#CCCN(CC1CC1)CC(O)c1cccc([N+](=O)[O-])c1. The second-order valence-corrected chi connectivity index (χ2v) is 5.48. The summed E-state index contributed by atoms with van der Waals surface area (Å²) in [5, 5.41) is 29.8. The number of nitro groups is 1. The lowest BCUT2D eigenvalue weighted by Crippen LogP contribution is -2.31. The number of non-ortho nitro benzene ring substituents is 1. The number of hydrogen-bond acceptors (Lipinski definition) is 5. The Morgan fingerprint density at radius 3 is 2.90 bits per heavy atom. The van der Waals surface area contributed by atoms with Gasteiger partial charge in [0, 0.05) is 38.2 Å². The van der Waals surface area contributed by atoms with Crippen LogP contribution in [0.3, 0.4) is 0 Å². The molecule has 2 rings (SSSR count). The molecule has 6 nitrogen and oxygen atoms in total. The lowest BCUT2D eigenvalue weighted by atomic mass is 10.1. The van der Waals surface area contributed by atoms with Gasteiger partial charge in [0.05, 0.1) is 17.1 Å². The normalized spacial score (nSPS) is 15.7. The molecule has 1 unspecified atom stereocenters. The fourth-order valence-corrected chi connectivity index (χ4v) is 2.33. The van der Waals surface area contributed by atoms with Gasteiger partial charge in [0.1, 0.15) is 0 Å². The highest BCUT2D eigenvalue weighted by molar-refractivity contribution is 5.35. The van der Waals surface area contributed by atoms with Crippen molar-refractivity contribution in [3.8, 4) is 6.07 Å². The Hall–Kier alpha value is -1.97. The Labute approximate surface area is 123 Å². The number of aliphatic hydroxyl groups is 1. The Morgan fingerprint density at radius 1 is 1.52 bits per heavy atom. The van der Waals surface area contributed by atoms with Crippen molar-refractivity contribution in [2.24, 2.45) is 5.92 Å². The predicted molar refractivity (Wildman–Crippen MR) is 77.5 cm³/mol. The lowest BCUT2D eigenvalue weighted by Gasteiger charge is -2.24. The van der Waals surface area contributed by atoms with E-state index < -0.39 is 11.0 Å². The van der Waals surface area contributed by atoms with Gasteiger partial charge in [0.25, 0.3) is 5.69 Å².